The summed E-state index contributed by atoms with van der Waals surface area (Å²) in [5.41, 5.74) is 5.28. The molecule has 0 bridgehead atoms. The SMILES string of the molecule is CCOC(=O)c1nc(-c2ccc(Cl)cc2F)cc(N)c1OCC(F)F. The third kappa shape index (κ3) is 4.54. The predicted octanol–water partition coefficient (Wildman–Crippen LogP) is 3.94. The molecule has 0 saturated heterocycles. The van der Waals surface area contributed by atoms with Crippen molar-refractivity contribution in [1.82, 2.24) is 4.98 Å². The number of hydrogen-bond acceptors (Lipinski definition) is 5. The number of rotatable bonds is 6. The number of nitrogens with two attached hydrogens (primary N) is 1. The van der Waals surface area contributed by atoms with Gasteiger partial charge in [0.1, 0.15) is 12.4 Å². The molecule has 1 aromatic heterocycles. The fourth-order valence-electron chi connectivity index (χ4n) is 2.02. The van der Waals surface area contributed by atoms with E-state index in [1.165, 1.54) is 18.2 Å². The van der Waals surface area contributed by atoms with Crippen molar-refractivity contribution in [3.63, 3.8) is 0 Å². The predicted molar refractivity (Wildman–Crippen MR) is 86.5 cm³/mol. The fraction of sp³-hybridized carbons (Fsp3) is 0.250. The molecule has 0 radical (unpaired) electrons. The van der Waals surface area contributed by atoms with Crippen LogP contribution in [-0.2, 0) is 4.74 Å². The molecule has 1 heterocycles. The van der Waals surface area contributed by atoms with Gasteiger partial charge in [0, 0.05) is 10.6 Å². The van der Waals surface area contributed by atoms with Crippen LogP contribution in [0, 0.1) is 5.82 Å². The maximum absolute atomic E-state index is 14.1. The highest BCUT2D eigenvalue weighted by molar-refractivity contribution is 6.30. The molecule has 2 aromatic rings. The molecule has 9 heteroatoms. The van der Waals surface area contributed by atoms with E-state index in [4.69, 9.17) is 26.8 Å². The zero-order chi connectivity index (χ0) is 18.6. The minimum Gasteiger partial charge on any atom is -0.483 e. The second kappa shape index (κ2) is 8.06. The van der Waals surface area contributed by atoms with Crippen LogP contribution in [0.1, 0.15) is 17.4 Å². The number of pyridine rings is 1. The van der Waals surface area contributed by atoms with Crippen LogP contribution in [0.3, 0.4) is 0 Å². The number of nitrogens with zero attached hydrogens (tertiary/aromatic N) is 1. The highest BCUT2D eigenvalue weighted by Gasteiger charge is 2.23. The Hall–Kier alpha value is -2.48. The molecule has 0 aliphatic carbocycles. The number of esters is 1. The monoisotopic (exact) mass is 374 g/mol. The van der Waals surface area contributed by atoms with E-state index in [1.807, 2.05) is 0 Å². The van der Waals surface area contributed by atoms with Gasteiger partial charge in [0.05, 0.1) is 18.0 Å². The van der Waals surface area contributed by atoms with Gasteiger partial charge in [-0.2, -0.15) is 0 Å². The van der Waals surface area contributed by atoms with Crippen molar-refractivity contribution in [2.45, 2.75) is 13.3 Å². The van der Waals surface area contributed by atoms with Gasteiger partial charge in [0.25, 0.3) is 6.43 Å². The van der Waals surface area contributed by atoms with Gasteiger partial charge in [-0.1, -0.05) is 11.6 Å². The van der Waals surface area contributed by atoms with E-state index in [2.05, 4.69) is 4.98 Å². The first-order valence-corrected chi connectivity index (χ1v) is 7.55. The summed E-state index contributed by atoms with van der Waals surface area (Å²) in [6.45, 7) is 0.602. The number of aromatic nitrogens is 1. The normalized spacial score (nSPS) is 10.8. The number of halogens is 4. The molecule has 0 amide bonds. The summed E-state index contributed by atoms with van der Waals surface area (Å²) < 4.78 is 48.6. The molecule has 0 aliphatic rings. The Kier molecular flexibility index (Phi) is 6.08. The van der Waals surface area contributed by atoms with Gasteiger partial charge >= 0.3 is 5.97 Å². The molecule has 0 atom stereocenters. The average Bonchev–Trinajstić information content (AvgIpc) is 2.53. The van der Waals surface area contributed by atoms with Gasteiger partial charge < -0.3 is 15.2 Å². The molecule has 0 aliphatic heterocycles. The summed E-state index contributed by atoms with van der Waals surface area (Å²) in [4.78, 5) is 16.0. The molecule has 25 heavy (non-hydrogen) atoms. The van der Waals surface area contributed by atoms with Crippen molar-refractivity contribution in [3.05, 3.63) is 40.8 Å². The molecule has 0 spiro atoms. The van der Waals surface area contributed by atoms with Gasteiger partial charge in [0.2, 0.25) is 0 Å². The molecule has 5 nitrogen and oxygen atoms in total. The molecular formula is C16H14ClF3N2O3. The quantitative estimate of drug-likeness (QED) is 0.775. The average molecular weight is 375 g/mol. The van der Waals surface area contributed by atoms with E-state index in [9.17, 15) is 18.0 Å². The lowest BCUT2D eigenvalue weighted by atomic mass is 10.1. The largest absolute Gasteiger partial charge is 0.483 e. The van der Waals surface area contributed by atoms with Crippen LogP contribution < -0.4 is 10.5 Å². The number of alkyl halides is 2. The Bertz CT molecular complexity index is 787. The highest BCUT2D eigenvalue weighted by atomic mass is 35.5. The second-order valence-corrected chi connectivity index (χ2v) is 5.26. The Morgan fingerprint density at radius 3 is 2.68 bits per heavy atom. The summed E-state index contributed by atoms with van der Waals surface area (Å²) in [7, 11) is 0. The van der Waals surface area contributed by atoms with Gasteiger partial charge in [-0.15, -0.1) is 0 Å². The molecule has 134 valence electrons. The molecule has 2 N–H and O–H groups in total. The standard InChI is InChI=1S/C16H14ClF3N2O3/c1-2-24-16(23)14-15(25-7-13(19)20)11(21)6-12(22-14)9-4-3-8(17)5-10(9)18/h3-6,13H,2,7H2,1H3,(H2,21,22). The topological polar surface area (TPSA) is 74.4 Å². The summed E-state index contributed by atoms with van der Waals surface area (Å²) in [5, 5.41) is 0.178. The first-order chi connectivity index (χ1) is 11.8. The van der Waals surface area contributed by atoms with E-state index >= 15 is 0 Å². The van der Waals surface area contributed by atoms with Crippen molar-refractivity contribution in [2.24, 2.45) is 0 Å². The highest BCUT2D eigenvalue weighted by Crippen LogP contribution is 2.32. The lowest BCUT2D eigenvalue weighted by Gasteiger charge is -2.14. The van der Waals surface area contributed by atoms with Crippen molar-refractivity contribution < 1.29 is 27.4 Å². The van der Waals surface area contributed by atoms with E-state index in [0.29, 0.717) is 0 Å². The lowest BCUT2D eigenvalue weighted by molar-refractivity contribution is 0.0500. The summed E-state index contributed by atoms with van der Waals surface area (Å²) in [6, 6.07) is 5.08. The molecule has 0 unspecified atom stereocenters. The molecule has 0 fully saturated rings. The minimum atomic E-state index is -2.78. The van der Waals surface area contributed by atoms with Gasteiger partial charge in [0.15, 0.2) is 11.4 Å². The van der Waals surface area contributed by atoms with E-state index in [-0.39, 0.29) is 34.3 Å². The first-order valence-electron chi connectivity index (χ1n) is 7.17. The number of anilines is 1. The summed E-state index contributed by atoms with van der Waals surface area (Å²) in [6.07, 6.45) is -2.78. The van der Waals surface area contributed by atoms with Crippen molar-refractivity contribution in [2.75, 3.05) is 18.9 Å². The van der Waals surface area contributed by atoms with Gasteiger partial charge in [-0.3, -0.25) is 0 Å². The fourth-order valence-corrected chi connectivity index (χ4v) is 2.18. The van der Waals surface area contributed by atoms with Crippen molar-refractivity contribution in [3.8, 4) is 17.0 Å². The van der Waals surface area contributed by atoms with E-state index in [0.717, 1.165) is 6.07 Å². The number of carbonyl (C=O) groups is 1. The van der Waals surface area contributed by atoms with E-state index < -0.39 is 30.5 Å². The zero-order valence-corrected chi connectivity index (χ0v) is 13.8. The Morgan fingerprint density at radius 1 is 1.36 bits per heavy atom. The molecular weight excluding hydrogens is 361 g/mol. The number of hydrogen-bond donors (Lipinski definition) is 1. The minimum absolute atomic E-state index is 0.0131. The third-order valence-corrected chi connectivity index (χ3v) is 3.27. The maximum atomic E-state index is 14.1. The molecule has 0 saturated carbocycles. The smallest absolute Gasteiger partial charge is 0.360 e. The second-order valence-electron chi connectivity index (χ2n) is 4.82. The van der Waals surface area contributed by atoms with Crippen LogP contribution in [0.2, 0.25) is 5.02 Å². The Morgan fingerprint density at radius 2 is 2.08 bits per heavy atom. The van der Waals surface area contributed by atoms with Crippen LogP contribution in [0.5, 0.6) is 5.75 Å². The molecule has 1 aromatic carbocycles. The first kappa shape index (κ1) is 18.9. The van der Waals surface area contributed by atoms with Crippen LogP contribution in [0.15, 0.2) is 24.3 Å². The number of benzene rings is 1. The van der Waals surface area contributed by atoms with Gasteiger partial charge in [-0.05, 0) is 31.2 Å². The van der Waals surface area contributed by atoms with Crippen molar-refractivity contribution in [1.29, 1.82) is 0 Å². The van der Waals surface area contributed by atoms with Crippen molar-refractivity contribution >= 4 is 23.3 Å². The Labute approximate surface area is 146 Å². The molecule has 2 rings (SSSR count). The zero-order valence-electron chi connectivity index (χ0n) is 13.1. The lowest BCUT2D eigenvalue weighted by Crippen LogP contribution is -2.15. The summed E-state index contributed by atoms with van der Waals surface area (Å²) >= 11 is 5.70. The van der Waals surface area contributed by atoms with Crippen LogP contribution in [0.25, 0.3) is 11.3 Å². The van der Waals surface area contributed by atoms with E-state index in [1.54, 1.807) is 6.92 Å². The van der Waals surface area contributed by atoms with Gasteiger partial charge in [-0.25, -0.2) is 22.9 Å². The number of ether oxygens (including phenoxy) is 2. The maximum Gasteiger partial charge on any atom is 0.360 e. The summed E-state index contributed by atoms with van der Waals surface area (Å²) in [5.74, 6) is -1.94. The number of nitrogen functional groups attached to an aromatic ring is 1. The third-order valence-electron chi connectivity index (χ3n) is 3.03. The number of carbonyl (C=O) groups excluding carboxylic acids is 1. The Balaban J connectivity index is 2.55. The van der Waals surface area contributed by atoms with Crippen LogP contribution >= 0.6 is 11.6 Å². The van der Waals surface area contributed by atoms with Crippen LogP contribution in [-0.4, -0.2) is 30.6 Å². The van der Waals surface area contributed by atoms with Crippen LogP contribution in [0.4, 0.5) is 18.9 Å².